The fourth-order valence-corrected chi connectivity index (χ4v) is 2.10. The fourth-order valence-electron chi connectivity index (χ4n) is 1.91. The second-order valence-electron chi connectivity index (χ2n) is 3.94. The maximum atomic E-state index is 11.7. The Morgan fingerprint density at radius 3 is 3.00 bits per heavy atom. The molecule has 1 aliphatic heterocycles. The lowest BCUT2D eigenvalue weighted by Crippen LogP contribution is -2.29. The Kier molecular flexibility index (Phi) is 2.46. The Hall–Kier alpha value is -1.65. The van der Waals surface area contributed by atoms with Crippen LogP contribution in [0.3, 0.4) is 0 Å². The Morgan fingerprint density at radius 1 is 1.35 bits per heavy atom. The van der Waals surface area contributed by atoms with Crippen molar-refractivity contribution in [2.24, 2.45) is 0 Å². The second-order valence-corrected chi connectivity index (χ2v) is 4.38. The van der Waals surface area contributed by atoms with Crippen molar-refractivity contribution in [3.05, 3.63) is 46.7 Å². The minimum absolute atomic E-state index is 0.0829. The van der Waals surface area contributed by atoms with Crippen molar-refractivity contribution in [1.29, 1.82) is 0 Å². The number of ketones is 1. The minimum atomic E-state index is 0.0829. The van der Waals surface area contributed by atoms with Gasteiger partial charge in [0.2, 0.25) is 0 Å². The van der Waals surface area contributed by atoms with Crippen LogP contribution in [0.5, 0.6) is 0 Å². The molecule has 0 spiro atoms. The maximum Gasteiger partial charge on any atom is 0.180 e. The number of halogens is 1. The molecule has 0 amide bonds. The number of hydrogen-bond acceptors (Lipinski definition) is 3. The van der Waals surface area contributed by atoms with E-state index in [1.54, 1.807) is 16.9 Å². The van der Waals surface area contributed by atoms with Gasteiger partial charge in [0.05, 0.1) is 23.5 Å². The van der Waals surface area contributed by atoms with Crippen molar-refractivity contribution in [2.45, 2.75) is 6.54 Å². The number of rotatable bonds is 1. The smallest absolute Gasteiger partial charge is 0.180 e. The molecule has 0 saturated carbocycles. The van der Waals surface area contributed by atoms with Gasteiger partial charge in [-0.1, -0.05) is 17.7 Å². The van der Waals surface area contributed by atoms with Gasteiger partial charge in [-0.15, -0.1) is 0 Å². The zero-order valence-corrected chi connectivity index (χ0v) is 9.74. The van der Waals surface area contributed by atoms with Crippen molar-refractivity contribution in [1.82, 2.24) is 15.1 Å². The second kappa shape index (κ2) is 3.98. The van der Waals surface area contributed by atoms with E-state index in [1.165, 1.54) is 0 Å². The predicted molar refractivity (Wildman–Crippen MR) is 64.6 cm³/mol. The number of nitrogens with one attached hydrogen (secondary N) is 1. The largest absolute Gasteiger partial charge is 0.304 e. The van der Waals surface area contributed by atoms with Gasteiger partial charge in [0.15, 0.2) is 5.78 Å². The monoisotopic (exact) mass is 247 g/mol. The van der Waals surface area contributed by atoms with Gasteiger partial charge in [0, 0.05) is 17.8 Å². The molecule has 3 rings (SSSR count). The molecule has 5 heteroatoms. The van der Waals surface area contributed by atoms with E-state index in [-0.39, 0.29) is 5.78 Å². The molecule has 17 heavy (non-hydrogen) atoms. The summed E-state index contributed by atoms with van der Waals surface area (Å²) in [6.07, 6.45) is 1.77. The van der Waals surface area contributed by atoms with Crippen LogP contribution in [0.1, 0.15) is 16.1 Å². The van der Waals surface area contributed by atoms with Crippen molar-refractivity contribution in [2.75, 3.05) is 6.54 Å². The van der Waals surface area contributed by atoms with Gasteiger partial charge in [0.25, 0.3) is 0 Å². The first-order valence-electron chi connectivity index (χ1n) is 5.32. The Balaban J connectivity index is 2.08. The van der Waals surface area contributed by atoms with E-state index in [9.17, 15) is 4.79 Å². The van der Waals surface area contributed by atoms with Crippen LogP contribution in [0.4, 0.5) is 0 Å². The molecular formula is C12H10ClN3O. The first kappa shape index (κ1) is 10.5. The molecule has 0 atom stereocenters. The molecule has 0 saturated heterocycles. The van der Waals surface area contributed by atoms with Gasteiger partial charge >= 0.3 is 0 Å². The topological polar surface area (TPSA) is 46.9 Å². The van der Waals surface area contributed by atoms with E-state index in [1.807, 2.05) is 18.2 Å². The summed E-state index contributed by atoms with van der Waals surface area (Å²) in [6, 6.07) is 7.39. The van der Waals surface area contributed by atoms with Gasteiger partial charge in [-0.05, 0) is 18.2 Å². The third-order valence-corrected chi connectivity index (χ3v) is 2.98. The molecule has 0 bridgehead atoms. The number of aromatic nitrogens is 2. The zero-order chi connectivity index (χ0) is 11.8. The average Bonchev–Trinajstić information content (AvgIpc) is 2.74. The van der Waals surface area contributed by atoms with Crippen molar-refractivity contribution >= 4 is 17.4 Å². The van der Waals surface area contributed by atoms with E-state index >= 15 is 0 Å². The van der Waals surface area contributed by atoms with Gasteiger partial charge < -0.3 is 5.32 Å². The molecule has 1 N–H and O–H groups in total. The van der Waals surface area contributed by atoms with Crippen LogP contribution in [0, 0.1) is 0 Å². The molecule has 0 aliphatic carbocycles. The molecule has 1 aromatic carbocycles. The Bertz CT molecular complexity index is 591. The van der Waals surface area contributed by atoms with Crippen molar-refractivity contribution in [3.8, 4) is 5.69 Å². The number of carbonyl (C=O) groups excluding carboxylic acids is 1. The van der Waals surface area contributed by atoms with Crippen LogP contribution in [0.2, 0.25) is 5.02 Å². The highest BCUT2D eigenvalue weighted by Gasteiger charge is 2.20. The summed E-state index contributed by atoms with van der Waals surface area (Å²) in [5.74, 6) is 0.0829. The quantitative estimate of drug-likeness (QED) is 0.836. The first-order valence-corrected chi connectivity index (χ1v) is 5.70. The SMILES string of the molecule is O=C1CNCc2nn(-c3cccc(Cl)c3)cc21. The summed E-state index contributed by atoms with van der Waals surface area (Å²) in [5.41, 5.74) is 2.35. The van der Waals surface area contributed by atoms with Gasteiger partial charge in [-0.25, -0.2) is 4.68 Å². The number of hydrogen-bond donors (Lipinski definition) is 1. The van der Waals surface area contributed by atoms with Crippen LogP contribution >= 0.6 is 11.6 Å². The Morgan fingerprint density at radius 2 is 2.24 bits per heavy atom. The summed E-state index contributed by atoms with van der Waals surface area (Å²) in [4.78, 5) is 11.7. The third-order valence-electron chi connectivity index (χ3n) is 2.74. The lowest BCUT2D eigenvalue weighted by molar-refractivity contribution is 0.0982. The van der Waals surface area contributed by atoms with E-state index in [4.69, 9.17) is 11.6 Å². The maximum absolute atomic E-state index is 11.7. The zero-order valence-electron chi connectivity index (χ0n) is 8.98. The fraction of sp³-hybridized carbons (Fsp3) is 0.167. The number of Topliss-reactive ketones (excluding diaryl/α,β-unsaturated/α-hetero) is 1. The molecule has 0 radical (unpaired) electrons. The highest BCUT2D eigenvalue weighted by Crippen LogP contribution is 2.18. The number of nitrogens with zero attached hydrogens (tertiary/aromatic N) is 2. The standard InChI is InChI=1S/C12H10ClN3O/c13-8-2-1-3-9(4-8)16-7-10-11(15-16)5-14-6-12(10)17/h1-4,7,14H,5-6H2. The van der Waals surface area contributed by atoms with E-state index in [0.29, 0.717) is 23.7 Å². The molecule has 2 aromatic rings. The van der Waals surface area contributed by atoms with Crippen LogP contribution < -0.4 is 5.32 Å². The summed E-state index contributed by atoms with van der Waals surface area (Å²) in [7, 11) is 0. The summed E-state index contributed by atoms with van der Waals surface area (Å²) in [5, 5.41) is 8.06. The van der Waals surface area contributed by atoms with Crippen molar-refractivity contribution in [3.63, 3.8) is 0 Å². The van der Waals surface area contributed by atoms with E-state index < -0.39 is 0 Å². The highest BCUT2D eigenvalue weighted by molar-refractivity contribution is 6.30. The summed E-state index contributed by atoms with van der Waals surface area (Å²) in [6.45, 7) is 1.02. The van der Waals surface area contributed by atoms with Crippen LogP contribution in [-0.4, -0.2) is 22.1 Å². The highest BCUT2D eigenvalue weighted by atomic mass is 35.5. The van der Waals surface area contributed by atoms with Crippen LogP contribution in [-0.2, 0) is 6.54 Å². The van der Waals surface area contributed by atoms with Crippen molar-refractivity contribution < 1.29 is 4.79 Å². The molecule has 0 unspecified atom stereocenters. The summed E-state index contributed by atoms with van der Waals surface area (Å²) < 4.78 is 1.70. The molecule has 4 nitrogen and oxygen atoms in total. The summed E-state index contributed by atoms with van der Waals surface area (Å²) >= 11 is 5.93. The lowest BCUT2D eigenvalue weighted by atomic mass is 10.1. The van der Waals surface area contributed by atoms with Crippen LogP contribution in [0.25, 0.3) is 5.69 Å². The molecule has 1 aliphatic rings. The van der Waals surface area contributed by atoms with Crippen LogP contribution in [0.15, 0.2) is 30.5 Å². The van der Waals surface area contributed by atoms with E-state index in [0.717, 1.165) is 11.4 Å². The molecule has 2 heterocycles. The molecule has 86 valence electrons. The molecular weight excluding hydrogens is 238 g/mol. The molecule has 1 aromatic heterocycles. The third kappa shape index (κ3) is 1.85. The average molecular weight is 248 g/mol. The van der Waals surface area contributed by atoms with Gasteiger partial charge in [-0.2, -0.15) is 5.10 Å². The van der Waals surface area contributed by atoms with Gasteiger partial charge in [-0.3, -0.25) is 4.79 Å². The number of fused-ring (bicyclic) bond motifs is 1. The number of benzene rings is 1. The first-order chi connectivity index (χ1) is 8.24. The van der Waals surface area contributed by atoms with Gasteiger partial charge in [0.1, 0.15) is 0 Å². The number of carbonyl (C=O) groups is 1. The molecule has 0 fully saturated rings. The predicted octanol–water partition coefficient (Wildman–Crippen LogP) is 1.81. The minimum Gasteiger partial charge on any atom is -0.304 e. The lowest BCUT2D eigenvalue weighted by Gasteiger charge is -2.08. The van der Waals surface area contributed by atoms with E-state index in [2.05, 4.69) is 10.4 Å². The normalized spacial score (nSPS) is 14.8. The Labute approximate surface area is 103 Å².